The summed E-state index contributed by atoms with van der Waals surface area (Å²) in [7, 11) is 3.26. The number of phenols is 1. The molecule has 0 bridgehead atoms. The van der Waals surface area contributed by atoms with Gasteiger partial charge in [-0.1, -0.05) is 12.1 Å². The van der Waals surface area contributed by atoms with Gasteiger partial charge in [0, 0.05) is 40.8 Å². The van der Waals surface area contributed by atoms with E-state index in [9.17, 15) is 9.90 Å². The Bertz CT molecular complexity index is 1320. The van der Waals surface area contributed by atoms with Gasteiger partial charge in [-0.15, -0.1) is 0 Å². The first-order valence-electron chi connectivity index (χ1n) is 10.2. The normalized spacial score (nSPS) is 11.1. The van der Waals surface area contributed by atoms with Crippen molar-refractivity contribution in [2.24, 2.45) is 5.10 Å². The second-order valence-electron chi connectivity index (χ2n) is 7.42. The standard InChI is InChI=1S/C25H24N4O4/c1-32-19-10-16(11-20(13-19)33-2)15-29-9-8-21-18(4-3-5-23(21)29)14-27-28-25(31)17-6-7-24(30)22(26)12-17/h3-14,30H,15,26H2,1-2H3,(H,28,31)/b27-14+. The average molecular weight is 444 g/mol. The monoisotopic (exact) mass is 444 g/mol. The van der Waals surface area contributed by atoms with E-state index in [-0.39, 0.29) is 11.4 Å². The quantitative estimate of drug-likeness (QED) is 0.174. The second kappa shape index (κ2) is 9.35. The van der Waals surface area contributed by atoms with Crippen LogP contribution in [0, 0.1) is 0 Å². The Balaban J connectivity index is 1.54. The first-order chi connectivity index (χ1) is 16.0. The summed E-state index contributed by atoms with van der Waals surface area (Å²) in [5.41, 5.74) is 11.5. The van der Waals surface area contributed by atoms with Crippen LogP contribution in [-0.4, -0.2) is 36.0 Å². The van der Waals surface area contributed by atoms with E-state index in [1.54, 1.807) is 20.4 Å². The summed E-state index contributed by atoms with van der Waals surface area (Å²) in [6, 6.07) is 17.9. The van der Waals surface area contributed by atoms with Crippen LogP contribution in [0.2, 0.25) is 0 Å². The Kier molecular flexibility index (Phi) is 6.17. The molecule has 8 heteroatoms. The van der Waals surface area contributed by atoms with Crippen molar-refractivity contribution >= 4 is 28.7 Å². The van der Waals surface area contributed by atoms with Crippen LogP contribution in [0.1, 0.15) is 21.5 Å². The van der Waals surface area contributed by atoms with E-state index < -0.39 is 5.91 Å². The van der Waals surface area contributed by atoms with Gasteiger partial charge in [0.05, 0.1) is 26.1 Å². The molecule has 3 aromatic carbocycles. The fourth-order valence-electron chi connectivity index (χ4n) is 3.57. The third-order valence-corrected chi connectivity index (χ3v) is 5.27. The van der Waals surface area contributed by atoms with E-state index in [0.29, 0.717) is 12.1 Å². The smallest absolute Gasteiger partial charge is 0.271 e. The minimum absolute atomic E-state index is 0.0707. The number of nitrogens with one attached hydrogen (secondary N) is 1. The molecular weight excluding hydrogens is 420 g/mol. The maximum absolute atomic E-state index is 12.3. The summed E-state index contributed by atoms with van der Waals surface area (Å²) in [6.07, 6.45) is 3.61. The number of fused-ring (bicyclic) bond motifs is 1. The number of hydrogen-bond acceptors (Lipinski definition) is 6. The highest BCUT2D eigenvalue weighted by atomic mass is 16.5. The zero-order chi connectivity index (χ0) is 23.4. The molecule has 1 heterocycles. The van der Waals surface area contributed by atoms with Crippen LogP contribution in [0.4, 0.5) is 5.69 Å². The summed E-state index contributed by atoms with van der Waals surface area (Å²) >= 11 is 0. The van der Waals surface area contributed by atoms with E-state index in [1.165, 1.54) is 18.2 Å². The molecule has 1 amide bonds. The first-order valence-corrected chi connectivity index (χ1v) is 10.2. The SMILES string of the molecule is COc1cc(Cn2ccc3c(/C=N/NC(=O)c4ccc(O)c(N)c4)cccc32)cc(OC)c1. The number of nitrogens with two attached hydrogens (primary N) is 1. The third kappa shape index (κ3) is 4.74. The third-order valence-electron chi connectivity index (χ3n) is 5.27. The van der Waals surface area contributed by atoms with Gasteiger partial charge >= 0.3 is 0 Å². The number of carbonyl (C=O) groups is 1. The van der Waals surface area contributed by atoms with Crippen molar-refractivity contribution in [1.82, 2.24) is 9.99 Å². The fourth-order valence-corrected chi connectivity index (χ4v) is 3.57. The van der Waals surface area contributed by atoms with Crippen molar-refractivity contribution in [3.8, 4) is 17.2 Å². The first kappa shape index (κ1) is 21.8. The van der Waals surface area contributed by atoms with E-state index in [0.717, 1.165) is 33.5 Å². The predicted octanol–water partition coefficient (Wildman–Crippen LogP) is 3.76. The zero-order valence-electron chi connectivity index (χ0n) is 18.3. The summed E-state index contributed by atoms with van der Waals surface area (Å²) < 4.78 is 12.9. The molecule has 0 unspecified atom stereocenters. The molecule has 4 aromatic rings. The average Bonchev–Trinajstić information content (AvgIpc) is 3.24. The summed E-state index contributed by atoms with van der Waals surface area (Å²) in [4.78, 5) is 12.3. The van der Waals surface area contributed by atoms with Crippen molar-refractivity contribution in [2.75, 3.05) is 20.0 Å². The number of phenolic OH excluding ortho intramolecular Hbond substituents is 1. The lowest BCUT2D eigenvalue weighted by Gasteiger charge is -2.10. The number of hydrazone groups is 1. The highest BCUT2D eigenvalue weighted by molar-refractivity contribution is 6.00. The van der Waals surface area contributed by atoms with Crippen LogP contribution in [0.3, 0.4) is 0 Å². The Morgan fingerprint density at radius 2 is 1.85 bits per heavy atom. The molecule has 0 fully saturated rings. The van der Waals surface area contributed by atoms with Crippen molar-refractivity contribution < 1.29 is 19.4 Å². The number of methoxy groups -OCH3 is 2. The Hall–Kier alpha value is -4.46. The van der Waals surface area contributed by atoms with Gasteiger partial charge in [0.15, 0.2) is 0 Å². The van der Waals surface area contributed by atoms with Crippen LogP contribution in [-0.2, 0) is 6.54 Å². The molecule has 0 saturated heterocycles. The molecule has 0 atom stereocenters. The molecule has 1 aromatic heterocycles. The van der Waals surface area contributed by atoms with Crippen LogP contribution >= 0.6 is 0 Å². The highest BCUT2D eigenvalue weighted by Gasteiger charge is 2.09. The predicted molar refractivity (Wildman–Crippen MR) is 128 cm³/mol. The van der Waals surface area contributed by atoms with E-state index >= 15 is 0 Å². The van der Waals surface area contributed by atoms with E-state index in [4.69, 9.17) is 15.2 Å². The highest BCUT2D eigenvalue weighted by Crippen LogP contribution is 2.25. The topological polar surface area (TPSA) is 111 Å². The van der Waals surface area contributed by atoms with Gasteiger partial charge in [0.1, 0.15) is 17.2 Å². The zero-order valence-corrected chi connectivity index (χ0v) is 18.3. The Morgan fingerprint density at radius 1 is 1.09 bits per heavy atom. The molecule has 0 aliphatic rings. The maximum atomic E-state index is 12.3. The number of benzene rings is 3. The van der Waals surface area contributed by atoms with Gasteiger partial charge in [0.25, 0.3) is 5.91 Å². The molecule has 8 nitrogen and oxygen atoms in total. The van der Waals surface area contributed by atoms with Crippen LogP contribution in [0.25, 0.3) is 10.9 Å². The Morgan fingerprint density at radius 3 is 2.55 bits per heavy atom. The van der Waals surface area contributed by atoms with Gasteiger partial charge in [-0.3, -0.25) is 4.79 Å². The van der Waals surface area contributed by atoms with E-state index in [2.05, 4.69) is 15.1 Å². The van der Waals surface area contributed by atoms with Crippen molar-refractivity contribution in [1.29, 1.82) is 0 Å². The lowest BCUT2D eigenvalue weighted by Crippen LogP contribution is -2.17. The second-order valence-corrected chi connectivity index (χ2v) is 7.42. The molecule has 0 aliphatic heterocycles. The minimum Gasteiger partial charge on any atom is -0.506 e. The summed E-state index contributed by atoms with van der Waals surface area (Å²) in [5, 5.41) is 14.6. The number of anilines is 1. The number of aromatic nitrogens is 1. The number of nitrogens with zero attached hydrogens (tertiary/aromatic N) is 2. The largest absolute Gasteiger partial charge is 0.506 e. The van der Waals surface area contributed by atoms with Crippen LogP contribution in [0.5, 0.6) is 17.2 Å². The minimum atomic E-state index is -0.422. The number of hydrogen-bond donors (Lipinski definition) is 3. The number of amides is 1. The van der Waals surface area contributed by atoms with Gasteiger partial charge in [-0.25, -0.2) is 5.43 Å². The maximum Gasteiger partial charge on any atom is 0.271 e. The van der Waals surface area contributed by atoms with Gasteiger partial charge < -0.3 is 24.9 Å². The molecule has 4 rings (SSSR count). The molecule has 33 heavy (non-hydrogen) atoms. The van der Waals surface area contributed by atoms with Gasteiger partial charge in [-0.2, -0.15) is 5.10 Å². The lowest BCUT2D eigenvalue weighted by molar-refractivity contribution is 0.0955. The van der Waals surface area contributed by atoms with Gasteiger partial charge in [0.2, 0.25) is 0 Å². The number of ether oxygens (including phenoxy) is 2. The lowest BCUT2D eigenvalue weighted by atomic mass is 10.1. The molecule has 0 aliphatic carbocycles. The van der Waals surface area contributed by atoms with Gasteiger partial charge in [-0.05, 0) is 48.0 Å². The molecule has 0 radical (unpaired) electrons. The molecular formula is C25H24N4O4. The van der Waals surface area contributed by atoms with Crippen LogP contribution < -0.4 is 20.6 Å². The van der Waals surface area contributed by atoms with Crippen LogP contribution in [0.15, 0.2) is 72.0 Å². The molecule has 0 saturated carbocycles. The number of carbonyl (C=O) groups excluding carboxylic acids is 1. The molecule has 0 spiro atoms. The van der Waals surface area contributed by atoms with Crippen molar-refractivity contribution in [3.63, 3.8) is 0 Å². The van der Waals surface area contributed by atoms with E-state index in [1.807, 2.05) is 48.7 Å². The number of rotatable bonds is 7. The van der Waals surface area contributed by atoms with Crippen molar-refractivity contribution in [3.05, 3.63) is 83.6 Å². The van der Waals surface area contributed by atoms with Crippen molar-refractivity contribution in [2.45, 2.75) is 6.54 Å². The molecule has 4 N–H and O–H groups in total. The summed E-state index contributed by atoms with van der Waals surface area (Å²) in [6.45, 7) is 0.636. The molecule has 168 valence electrons. The summed E-state index contributed by atoms with van der Waals surface area (Å²) in [5.74, 6) is 0.979. The Labute approximate surface area is 190 Å². The number of aromatic hydroxyl groups is 1. The number of nitrogen functional groups attached to an aromatic ring is 1. The fraction of sp³-hybridized carbons (Fsp3) is 0.120.